The second kappa shape index (κ2) is 5.01. The molecule has 3 rings (SSSR count). The van der Waals surface area contributed by atoms with E-state index in [0.29, 0.717) is 22.9 Å². The van der Waals surface area contributed by atoms with E-state index in [4.69, 9.17) is 16.3 Å². The molecule has 2 aromatic rings. The van der Waals surface area contributed by atoms with E-state index in [0.717, 1.165) is 6.42 Å². The summed E-state index contributed by atoms with van der Waals surface area (Å²) >= 11 is 5.94. The summed E-state index contributed by atoms with van der Waals surface area (Å²) in [5, 5.41) is 4.68. The number of rotatable bonds is 1. The lowest BCUT2D eigenvalue weighted by Gasteiger charge is -2.40. The zero-order valence-corrected chi connectivity index (χ0v) is 13.3. The molecule has 1 N–H and O–H groups in total. The summed E-state index contributed by atoms with van der Waals surface area (Å²) in [6.45, 7) is 6.02. The van der Waals surface area contributed by atoms with Gasteiger partial charge in [0.1, 0.15) is 11.1 Å². The fourth-order valence-electron chi connectivity index (χ4n) is 2.37. The van der Waals surface area contributed by atoms with Gasteiger partial charge in [0.05, 0.1) is 11.1 Å². The van der Waals surface area contributed by atoms with Crippen molar-refractivity contribution in [3.63, 3.8) is 0 Å². The van der Waals surface area contributed by atoms with Crippen molar-refractivity contribution in [1.29, 1.82) is 0 Å². The smallest absolute Gasteiger partial charge is 0.410 e. The molecular weight excluding hydrogens is 308 g/mol. The van der Waals surface area contributed by atoms with Gasteiger partial charge in [-0.2, -0.15) is 5.10 Å². The van der Waals surface area contributed by atoms with Crippen LogP contribution in [0.1, 0.15) is 39.1 Å². The van der Waals surface area contributed by atoms with Crippen molar-refractivity contribution in [3.8, 4) is 0 Å². The lowest BCUT2D eigenvalue weighted by atomic mass is 10.0. The highest BCUT2D eigenvalue weighted by molar-refractivity contribution is 6.33. The Morgan fingerprint density at radius 2 is 2.23 bits per heavy atom. The van der Waals surface area contributed by atoms with Crippen LogP contribution in [0.3, 0.4) is 0 Å². The third-order valence-corrected chi connectivity index (χ3v) is 3.76. The number of aromatic nitrogens is 3. The predicted molar refractivity (Wildman–Crippen MR) is 81.1 cm³/mol. The first-order valence-electron chi connectivity index (χ1n) is 7.03. The van der Waals surface area contributed by atoms with E-state index in [1.807, 2.05) is 20.8 Å². The molecule has 0 radical (unpaired) electrons. The van der Waals surface area contributed by atoms with Crippen molar-refractivity contribution in [2.75, 3.05) is 6.54 Å². The molecule has 2 aromatic heterocycles. The number of carbonyl (C=O) groups excluding carboxylic acids is 1. The number of hydrogen-bond acceptors (Lipinski definition) is 4. The SMILES string of the molecule is CC(C)(C)OC(=O)N1CCC1c1nn2ccc(Cl)c2c(=O)[nH]1. The number of amides is 1. The number of hydrogen-bond donors (Lipinski definition) is 1. The normalized spacial score (nSPS) is 18.4. The van der Waals surface area contributed by atoms with Crippen LogP contribution in [0.5, 0.6) is 0 Å². The van der Waals surface area contributed by atoms with Crippen LogP contribution in [0.25, 0.3) is 5.52 Å². The number of likely N-dealkylation sites (tertiary alicyclic amines) is 1. The number of H-pyrrole nitrogens is 1. The minimum Gasteiger partial charge on any atom is -0.444 e. The molecule has 8 heteroatoms. The van der Waals surface area contributed by atoms with E-state index in [1.165, 1.54) is 4.52 Å². The molecular formula is C14H17ClN4O3. The summed E-state index contributed by atoms with van der Waals surface area (Å²) in [5.74, 6) is 0.432. The predicted octanol–water partition coefficient (Wildman–Crippen LogP) is 2.36. The molecule has 22 heavy (non-hydrogen) atoms. The number of nitrogens with zero attached hydrogens (tertiary/aromatic N) is 3. The van der Waals surface area contributed by atoms with Crippen molar-refractivity contribution in [2.24, 2.45) is 0 Å². The van der Waals surface area contributed by atoms with Gasteiger partial charge < -0.3 is 9.72 Å². The Bertz CT molecular complexity index is 789. The number of halogens is 1. The molecule has 0 bridgehead atoms. The average molecular weight is 325 g/mol. The summed E-state index contributed by atoms with van der Waals surface area (Å²) in [6, 6.07) is 1.32. The van der Waals surface area contributed by atoms with Gasteiger partial charge in [-0.25, -0.2) is 9.31 Å². The number of nitrogens with one attached hydrogen (secondary N) is 1. The van der Waals surface area contributed by atoms with Crippen LogP contribution in [0.15, 0.2) is 17.1 Å². The Hall–Kier alpha value is -2.02. The zero-order valence-electron chi connectivity index (χ0n) is 12.6. The molecule has 1 amide bonds. The van der Waals surface area contributed by atoms with Crippen molar-refractivity contribution >= 4 is 23.2 Å². The highest BCUT2D eigenvalue weighted by Gasteiger charge is 2.38. The molecule has 3 heterocycles. The van der Waals surface area contributed by atoms with Gasteiger partial charge in [0, 0.05) is 12.7 Å². The van der Waals surface area contributed by atoms with E-state index < -0.39 is 11.7 Å². The molecule has 1 atom stereocenters. The van der Waals surface area contributed by atoms with Crippen molar-refractivity contribution in [3.05, 3.63) is 33.5 Å². The second-order valence-corrected chi connectivity index (χ2v) is 6.68. The van der Waals surface area contributed by atoms with Crippen molar-refractivity contribution < 1.29 is 9.53 Å². The van der Waals surface area contributed by atoms with Crippen LogP contribution in [0, 0.1) is 0 Å². The Morgan fingerprint density at radius 1 is 1.50 bits per heavy atom. The fourth-order valence-corrected chi connectivity index (χ4v) is 2.60. The Morgan fingerprint density at radius 3 is 2.82 bits per heavy atom. The van der Waals surface area contributed by atoms with Crippen LogP contribution in [0.2, 0.25) is 5.02 Å². The highest BCUT2D eigenvalue weighted by Crippen LogP contribution is 2.32. The Balaban J connectivity index is 1.88. The quantitative estimate of drug-likeness (QED) is 0.873. The summed E-state index contributed by atoms with van der Waals surface area (Å²) < 4.78 is 6.79. The van der Waals surface area contributed by atoms with E-state index in [1.54, 1.807) is 17.2 Å². The van der Waals surface area contributed by atoms with Crippen LogP contribution >= 0.6 is 11.6 Å². The third kappa shape index (κ3) is 2.56. The Labute approximate surface area is 131 Å². The van der Waals surface area contributed by atoms with Crippen LogP contribution < -0.4 is 5.56 Å². The molecule has 0 aliphatic carbocycles. The topological polar surface area (TPSA) is 79.7 Å². The monoisotopic (exact) mass is 324 g/mol. The van der Waals surface area contributed by atoms with Gasteiger partial charge in [-0.3, -0.25) is 9.69 Å². The Kier molecular flexibility index (Phi) is 3.40. The largest absolute Gasteiger partial charge is 0.444 e. The van der Waals surface area contributed by atoms with Gasteiger partial charge in [-0.1, -0.05) is 11.6 Å². The maximum atomic E-state index is 12.1. The first kappa shape index (κ1) is 14.9. The standard InChI is InChI=1S/C14H17ClN4O3/c1-14(2,3)22-13(21)18-6-5-9(18)11-16-12(20)10-8(15)4-7-19(10)17-11/h4,7,9H,5-6H2,1-3H3,(H,16,17,20). The maximum absolute atomic E-state index is 12.1. The third-order valence-electron chi connectivity index (χ3n) is 3.45. The fraction of sp³-hybridized carbons (Fsp3) is 0.500. The summed E-state index contributed by atoms with van der Waals surface area (Å²) in [5.41, 5.74) is -0.583. The van der Waals surface area contributed by atoms with Gasteiger partial charge >= 0.3 is 6.09 Å². The van der Waals surface area contributed by atoms with Crippen molar-refractivity contribution in [1.82, 2.24) is 19.5 Å². The number of ether oxygens (including phenoxy) is 1. The lowest BCUT2D eigenvalue weighted by molar-refractivity contribution is -0.00765. The average Bonchev–Trinajstić information content (AvgIpc) is 2.67. The first-order valence-corrected chi connectivity index (χ1v) is 7.41. The van der Waals surface area contributed by atoms with Gasteiger partial charge in [0.25, 0.3) is 5.56 Å². The van der Waals surface area contributed by atoms with Gasteiger partial charge in [-0.05, 0) is 33.3 Å². The minimum absolute atomic E-state index is 0.284. The zero-order chi connectivity index (χ0) is 16.1. The maximum Gasteiger partial charge on any atom is 0.410 e. The molecule has 0 spiro atoms. The molecule has 1 aliphatic heterocycles. The molecule has 0 aromatic carbocycles. The molecule has 1 saturated heterocycles. The molecule has 1 aliphatic rings. The molecule has 118 valence electrons. The summed E-state index contributed by atoms with van der Waals surface area (Å²) in [4.78, 5) is 28.5. The van der Waals surface area contributed by atoms with Crippen LogP contribution in [-0.2, 0) is 4.74 Å². The second-order valence-electron chi connectivity index (χ2n) is 6.27. The summed E-state index contributed by atoms with van der Waals surface area (Å²) in [6.07, 6.45) is 1.94. The van der Waals surface area contributed by atoms with Gasteiger partial charge in [0.15, 0.2) is 5.82 Å². The minimum atomic E-state index is -0.560. The molecule has 7 nitrogen and oxygen atoms in total. The number of carbonyl (C=O) groups is 1. The van der Waals surface area contributed by atoms with Gasteiger partial charge in [-0.15, -0.1) is 0 Å². The van der Waals surface area contributed by atoms with Crippen LogP contribution in [-0.4, -0.2) is 37.7 Å². The van der Waals surface area contributed by atoms with E-state index >= 15 is 0 Å². The van der Waals surface area contributed by atoms with Crippen LogP contribution in [0.4, 0.5) is 4.79 Å². The number of aromatic amines is 1. The van der Waals surface area contributed by atoms with E-state index in [2.05, 4.69) is 10.1 Å². The summed E-state index contributed by atoms with van der Waals surface area (Å²) in [7, 11) is 0. The molecule has 1 unspecified atom stereocenters. The van der Waals surface area contributed by atoms with E-state index in [-0.39, 0.29) is 11.6 Å². The highest BCUT2D eigenvalue weighted by atomic mass is 35.5. The molecule has 1 fully saturated rings. The molecule has 0 saturated carbocycles. The lowest BCUT2D eigenvalue weighted by Crippen LogP contribution is -2.48. The first-order chi connectivity index (χ1) is 10.3. The van der Waals surface area contributed by atoms with Gasteiger partial charge in [0.2, 0.25) is 0 Å². The van der Waals surface area contributed by atoms with Crippen molar-refractivity contribution in [2.45, 2.75) is 38.8 Å². The number of fused-ring (bicyclic) bond motifs is 1. The van der Waals surface area contributed by atoms with E-state index in [9.17, 15) is 9.59 Å².